The van der Waals surface area contributed by atoms with Crippen molar-refractivity contribution in [2.24, 2.45) is 5.92 Å². The summed E-state index contributed by atoms with van der Waals surface area (Å²) in [5.74, 6) is -1.09. The summed E-state index contributed by atoms with van der Waals surface area (Å²) in [7, 11) is 0. The van der Waals surface area contributed by atoms with Crippen LogP contribution in [0.25, 0.3) is 0 Å². The number of aliphatic carboxylic acids is 1. The predicted molar refractivity (Wildman–Crippen MR) is 54.6 cm³/mol. The quantitative estimate of drug-likeness (QED) is 0.663. The number of hydrogen-bond donors (Lipinski definition) is 1. The zero-order valence-electron chi connectivity index (χ0n) is 8.58. The first kappa shape index (κ1) is 11.9. The average molecular weight is 182 g/mol. The van der Waals surface area contributed by atoms with E-state index in [-0.39, 0.29) is 5.92 Å². The van der Waals surface area contributed by atoms with Gasteiger partial charge in [0.1, 0.15) is 0 Å². The molecular formula is C11H18O2. The molecule has 0 aromatic rings. The van der Waals surface area contributed by atoms with Crippen LogP contribution in [0.15, 0.2) is 23.8 Å². The molecule has 0 spiro atoms. The van der Waals surface area contributed by atoms with Crippen LogP contribution in [0.5, 0.6) is 0 Å². The van der Waals surface area contributed by atoms with Crippen molar-refractivity contribution in [3.8, 4) is 0 Å². The fraction of sp³-hybridized carbons (Fsp3) is 0.545. The minimum absolute atomic E-state index is 0.354. The molecule has 74 valence electrons. The van der Waals surface area contributed by atoms with Crippen molar-refractivity contribution in [2.75, 3.05) is 0 Å². The first-order chi connectivity index (χ1) is 6.17. The molecule has 0 bridgehead atoms. The molecule has 1 unspecified atom stereocenters. The van der Waals surface area contributed by atoms with Gasteiger partial charge in [-0.2, -0.15) is 0 Å². The van der Waals surface area contributed by atoms with Crippen LogP contribution in [0, 0.1) is 5.92 Å². The minimum Gasteiger partial charge on any atom is -0.481 e. The van der Waals surface area contributed by atoms with Gasteiger partial charge in [0.05, 0.1) is 5.92 Å². The van der Waals surface area contributed by atoms with Gasteiger partial charge in [-0.1, -0.05) is 32.1 Å². The molecule has 0 aromatic carbocycles. The Kier molecular flexibility index (Phi) is 5.94. The zero-order valence-corrected chi connectivity index (χ0v) is 8.58. The second-order valence-corrected chi connectivity index (χ2v) is 2.90. The summed E-state index contributed by atoms with van der Waals surface area (Å²) in [4.78, 5) is 10.8. The smallest absolute Gasteiger partial charge is 0.310 e. The van der Waals surface area contributed by atoms with Crippen molar-refractivity contribution in [3.63, 3.8) is 0 Å². The van der Waals surface area contributed by atoms with Crippen LogP contribution in [0.2, 0.25) is 0 Å². The molecule has 13 heavy (non-hydrogen) atoms. The Morgan fingerprint density at radius 2 is 2.08 bits per heavy atom. The summed E-state index contributed by atoms with van der Waals surface area (Å²) in [6, 6.07) is 0. The van der Waals surface area contributed by atoms with Gasteiger partial charge in [-0.25, -0.2) is 0 Å². The zero-order chi connectivity index (χ0) is 10.3. The first-order valence-corrected chi connectivity index (χ1v) is 4.72. The van der Waals surface area contributed by atoms with Gasteiger partial charge in [-0.3, -0.25) is 4.79 Å². The summed E-state index contributed by atoms with van der Waals surface area (Å²) in [5, 5.41) is 8.90. The fourth-order valence-corrected chi connectivity index (χ4v) is 1.22. The lowest BCUT2D eigenvalue weighted by molar-refractivity contribution is -0.140. The topological polar surface area (TPSA) is 37.3 Å². The van der Waals surface area contributed by atoms with Crippen molar-refractivity contribution in [2.45, 2.75) is 33.6 Å². The van der Waals surface area contributed by atoms with E-state index >= 15 is 0 Å². The lowest BCUT2D eigenvalue weighted by Crippen LogP contribution is -2.14. The summed E-state index contributed by atoms with van der Waals surface area (Å²) in [6.45, 7) is 5.80. The Labute approximate surface area is 80.0 Å². The third-order valence-corrected chi connectivity index (χ3v) is 1.99. The Bertz CT molecular complexity index is 214. The molecule has 0 aromatic heterocycles. The molecule has 0 aliphatic rings. The molecule has 0 rings (SSSR count). The standard InChI is InChI=1S/C11H18O2/c1-4-7-8-9(5-2)10(6-3)11(12)13/h5,7-8,10H,4,6H2,1-3H3,(H,12,13)/b8-7-,9-5+. The summed E-state index contributed by atoms with van der Waals surface area (Å²) in [5.41, 5.74) is 0.900. The third kappa shape index (κ3) is 3.92. The lowest BCUT2D eigenvalue weighted by atomic mass is 9.96. The van der Waals surface area contributed by atoms with E-state index in [0.717, 1.165) is 12.0 Å². The number of carboxylic acids is 1. The molecule has 0 fully saturated rings. The molecule has 1 N–H and O–H groups in total. The summed E-state index contributed by atoms with van der Waals surface area (Å²) < 4.78 is 0. The molecule has 0 saturated heterocycles. The average Bonchev–Trinajstić information content (AvgIpc) is 2.11. The Morgan fingerprint density at radius 1 is 1.46 bits per heavy atom. The van der Waals surface area contributed by atoms with Gasteiger partial charge in [-0.05, 0) is 25.3 Å². The number of carboxylic acid groups (broad SMARTS) is 1. The van der Waals surface area contributed by atoms with Crippen molar-refractivity contribution in [1.29, 1.82) is 0 Å². The summed E-state index contributed by atoms with van der Waals surface area (Å²) in [6.07, 6.45) is 7.34. The maximum absolute atomic E-state index is 10.8. The van der Waals surface area contributed by atoms with Gasteiger partial charge in [0.2, 0.25) is 0 Å². The highest BCUT2D eigenvalue weighted by molar-refractivity contribution is 5.74. The van der Waals surface area contributed by atoms with Crippen molar-refractivity contribution in [1.82, 2.24) is 0 Å². The normalized spacial score (nSPS) is 14.8. The van der Waals surface area contributed by atoms with Crippen LogP contribution in [0.4, 0.5) is 0 Å². The van der Waals surface area contributed by atoms with Gasteiger partial charge in [-0.15, -0.1) is 0 Å². The van der Waals surface area contributed by atoms with E-state index in [1.807, 2.05) is 39.0 Å². The van der Waals surface area contributed by atoms with E-state index in [9.17, 15) is 4.79 Å². The number of carbonyl (C=O) groups is 1. The van der Waals surface area contributed by atoms with E-state index < -0.39 is 5.97 Å². The molecule has 0 saturated carbocycles. The Balaban J connectivity index is 4.55. The molecule has 0 aliphatic carbocycles. The van der Waals surface area contributed by atoms with E-state index in [2.05, 4.69) is 0 Å². The second-order valence-electron chi connectivity index (χ2n) is 2.90. The highest BCUT2D eigenvalue weighted by Gasteiger charge is 2.16. The molecular weight excluding hydrogens is 164 g/mol. The molecule has 0 radical (unpaired) electrons. The number of rotatable bonds is 5. The first-order valence-electron chi connectivity index (χ1n) is 4.72. The maximum Gasteiger partial charge on any atom is 0.310 e. The highest BCUT2D eigenvalue weighted by Crippen LogP contribution is 2.16. The maximum atomic E-state index is 10.8. The summed E-state index contributed by atoms with van der Waals surface area (Å²) >= 11 is 0. The number of allylic oxidation sites excluding steroid dienone is 3. The van der Waals surface area contributed by atoms with E-state index in [4.69, 9.17) is 5.11 Å². The number of hydrogen-bond acceptors (Lipinski definition) is 1. The van der Waals surface area contributed by atoms with Gasteiger partial charge in [0, 0.05) is 0 Å². The van der Waals surface area contributed by atoms with E-state index in [1.54, 1.807) is 0 Å². The molecule has 1 atom stereocenters. The van der Waals surface area contributed by atoms with Crippen LogP contribution < -0.4 is 0 Å². The minimum atomic E-state index is -0.739. The largest absolute Gasteiger partial charge is 0.481 e. The third-order valence-electron chi connectivity index (χ3n) is 1.99. The SMILES string of the molecule is C/C=C(\C=C/CC)C(CC)C(=O)O. The Morgan fingerprint density at radius 3 is 2.38 bits per heavy atom. The highest BCUT2D eigenvalue weighted by atomic mass is 16.4. The molecule has 2 heteroatoms. The van der Waals surface area contributed by atoms with Crippen LogP contribution in [0.3, 0.4) is 0 Å². The fourth-order valence-electron chi connectivity index (χ4n) is 1.22. The molecule has 0 amide bonds. The van der Waals surface area contributed by atoms with Gasteiger partial charge in [0.15, 0.2) is 0 Å². The van der Waals surface area contributed by atoms with Gasteiger partial charge < -0.3 is 5.11 Å². The van der Waals surface area contributed by atoms with E-state index in [0.29, 0.717) is 6.42 Å². The van der Waals surface area contributed by atoms with Crippen LogP contribution in [0.1, 0.15) is 33.6 Å². The van der Waals surface area contributed by atoms with Crippen LogP contribution in [-0.2, 0) is 4.79 Å². The second kappa shape index (κ2) is 6.46. The van der Waals surface area contributed by atoms with Crippen LogP contribution >= 0.6 is 0 Å². The monoisotopic (exact) mass is 182 g/mol. The Hall–Kier alpha value is -1.05. The van der Waals surface area contributed by atoms with Crippen molar-refractivity contribution >= 4 is 5.97 Å². The van der Waals surface area contributed by atoms with Gasteiger partial charge in [0.25, 0.3) is 0 Å². The lowest BCUT2D eigenvalue weighted by Gasteiger charge is -2.10. The molecule has 2 nitrogen and oxygen atoms in total. The predicted octanol–water partition coefficient (Wildman–Crippen LogP) is 3.01. The van der Waals surface area contributed by atoms with E-state index in [1.165, 1.54) is 0 Å². The molecule has 0 heterocycles. The van der Waals surface area contributed by atoms with Crippen LogP contribution in [-0.4, -0.2) is 11.1 Å². The van der Waals surface area contributed by atoms with Crippen molar-refractivity contribution < 1.29 is 9.90 Å². The van der Waals surface area contributed by atoms with Crippen molar-refractivity contribution in [3.05, 3.63) is 23.8 Å². The molecule has 0 aliphatic heterocycles. The van der Waals surface area contributed by atoms with Gasteiger partial charge >= 0.3 is 5.97 Å².